The van der Waals surface area contributed by atoms with Crippen LogP contribution in [0.25, 0.3) is 0 Å². The molecule has 3 nitrogen and oxygen atoms in total. The summed E-state index contributed by atoms with van der Waals surface area (Å²) in [7, 11) is 1.62. The normalized spacial score (nSPS) is 16.7. The highest BCUT2D eigenvalue weighted by molar-refractivity contribution is 9.11. The standard InChI is InChI=1S/C5H7BrN2O/c1-9-4-2-5(6)8-7-3-4/h2-3,7-8H,1H3. The van der Waals surface area contributed by atoms with Gasteiger partial charge in [0.2, 0.25) is 0 Å². The topological polar surface area (TPSA) is 33.3 Å². The second-order valence-electron chi connectivity index (χ2n) is 1.51. The van der Waals surface area contributed by atoms with Crippen molar-refractivity contribution in [1.82, 2.24) is 10.9 Å². The predicted molar refractivity (Wildman–Crippen MR) is 38.4 cm³/mol. The second kappa shape index (κ2) is 2.77. The number of ether oxygens (including phenoxy) is 1. The van der Waals surface area contributed by atoms with E-state index in [4.69, 9.17) is 4.74 Å². The number of rotatable bonds is 1. The zero-order valence-corrected chi connectivity index (χ0v) is 6.53. The Bertz CT molecular complexity index is 164. The van der Waals surface area contributed by atoms with Crippen LogP contribution in [-0.4, -0.2) is 7.11 Å². The fraction of sp³-hybridized carbons (Fsp3) is 0.200. The Labute approximate surface area is 61.9 Å². The Balaban J connectivity index is 2.63. The Morgan fingerprint density at radius 3 is 2.89 bits per heavy atom. The molecule has 0 aromatic rings. The van der Waals surface area contributed by atoms with Crippen molar-refractivity contribution >= 4 is 15.9 Å². The van der Waals surface area contributed by atoms with Gasteiger partial charge in [0.25, 0.3) is 0 Å². The van der Waals surface area contributed by atoms with E-state index in [0.717, 1.165) is 10.4 Å². The van der Waals surface area contributed by atoms with Crippen LogP contribution in [0.15, 0.2) is 22.6 Å². The monoisotopic (exact) mass is 190 g/mol. The first-order valence-electron chi connectivity index (χ1n) is 2.46. The van der Waals surface area contributed by atoms with E-state index in [1.54, 1.807) is 13.3 Å². The molecule has 0 aromatic heterocycles. The minimum atomic E-state index is 0.792. The molecule has 9 heavy (non-hydrogen) atoms. The zero-order valence-electron chi connectivity index (χ0n) is 4.94. The van der Waals surface area contributed by atoms with Gasteiger partial charge in [-0.2, -0.15) is 0 Å². The summed E-state index contributed by atoms with van der Waals surface area (Å²) in [6, 6.07) is 0. The summed E-state index contributed by atoms with van der Waals surface area (Å²) in [5, 5.41) is 0. The first kappa shape index (κ1) is 6.48. The summed E-state index contributed by atoms with van der Waals surface area (Å²) >= 11 is 3.24. The summed E-state index contributed by atoms with van der Waals surface area (Å²) < 4.78 is 5.78. The van der Waals surface area contributed by atoms with Gasteiger partial charge in [-0.1, -0.05) is 0 Å². The fourth-order valence-electron chi connectivity index (χ4n) is 0.497. The van der Waals surface area contributed by atoms with Crippen molar-refractivity contribution < 1.29 is 4.74 Å². The highest BCUT2D eigenvalue weighted by Crippen LogP contribution is 2.07. The third-order valence-corrected chi connectivity index (χ3v) is 1.34. The lowest BCUT2D eigenvalue weighted by Gasteiger charge is -2.11. The summed E-state index contributed by atoms with van der Waals surface area (Å²) in [4.78, 5) is 0. The maximum Gasteiger partial charge on any atom is 0.139 e. The Hall–Kier alpha value is -0.640. The first-order chi connectivity index (χ1) is 4.33. The molecule has 0 saturated heterocycles. The van der Waals surface area contributed by atoms with Gasteiger partial charge in [0.05, 0.1) is 13.3 Å². The van der Waals surface area contributed by atoms with Crippen LogP contribution in [0.3, 0.4) is 0 Å². The molecule has 0 bridgehead atoms. The lowest BCUT2D eigenvalue weighted by atomic mass is 10.5. The summed E-state index contributed by atoms with van der Waals surface area (Å²) in [6.45, 7) is 0. The largest absolute Gasteiger partial charge is 0.495 e. The van der Waals surface area contributed by atoms with Crippen LogP contribution in [0.5, 0.6) is 0 Å². The van der Waals surface area contributed by atoms with Crippen molar-refractivity contribution in [1.29, 1.82) is 0 Å². The molecule has 0 aliphatic carbocycles. The van der Waals surface area contributed by atoms with E-state index in [9.17, 15) is 0 Å². The summed E-state index contributed by atoms with van der Waals surface area (Å²) in [6.07, 6.45) is 3.56. The molecule has 1 aliphatic rings. The average Bonchev–Trinajstić information content (AvgIpc) is 1.88. The first-order valence-corrected chi connectivity index (χ1v) is 3.25. The van der Waals surface area contributed by atoms with E-state index in [1.807, 2.05) is 6.08 Å². The minimum Gasteiger partial charge on any atom is -0.495 e. The molecule has 0 saturated carbocycles. The molecule has 0 amide bonds. The van der Waals surface area contributed by atoms with E-state index in [0.29, 0.717) is 0 Å². The lowest BCUT2D eigenvalue weighted by Crippen LogP contribution is -2.26. The van der Waals surface area contributed by atoms with Crippen molar-refractivity contribution in [2.45, 2.75) is 0 Å². The van der Waals surface area contributed by atoms with Gasteiger partial charge in [-0.3, -0.25) is 5.43 Å². The molecular formula is C5H7BrN2O. The number of nitrogens with one attached hydrogen (secondary N) is 2. The van der Waals surface area contributed by atoms with E-state index in [1.165, 1.54) is 0 Å². The molecule has 0 spiro atoms. The van der Waals surface area contributed by atoms with Gasteiger partial charge in [0.15, 0.2) is 0 Å². The number of allylic oxidation sites excluding steroid dienone is 1. The quantitative estimate of drug-likeness (QED) is 0.602. The van der Waals surface area contributed by atoms with Gasteiger partial charge in [-0.05, 0) is 15.9 Å². The smallest absolute Gasteiger partial charge is 0.139 e. The van der Waals surface area contributed by atoms with Gasteiger partial charge >= 0.3 is 0 Å². The molecule has 1 aliphatic heterocycles. The molecule has 50 valence electrons. The molecular weight excluding hydrogens is 184 g/mol. The number of halogens is 1. The molecule has 0 aromatic carbocycles. The highest BCUT2D eigenvalue weighted by atomic mass is 79.9. The van der Waals surface area contributed by atoms with E-state index < -0.39 is 0 Å². The Morgan fingerprint density at radius 1 is 1.67 bits per heavy atom. The maximum absolute atomic E-state index is 4.91. The Morgan fingerprint density at radius 2 is 2.44 bits per heavy atom. The third-order valence-electron chi connectivity index (χ3n) is 0.911. The number of hydrazine groups is 1. The van der Waals surface area contributed by atoms with Crippen molar-refractivity contribution in [2.24, 2.45) is 0 Å². The zero-order chi connectivity index (χ0) is 6.69. The van der Waals surface area contributed by atoms with Crippen LogP contribution in [-0.2, 0) is 4.74 Å². The molecule has 2 N–H and O–H groups in total. The van der Waals surface area contributed by atoms with Crippen LogP contribution in [0, 0.1) is 0 Å². The molecule has 0 fully saturated rings. The molecule has 1 rings (SSSR count). The fourth-order valence-corrected chi connectivity index (χ4v) is 0.837. The molecule has 0 radical (unpaired) electrons. The highest BCUT2D eigenvalue weighted by Gasteiger charge is 1.98. The lowest BCUT2D eigenvalue weighted by molar-refractivity contribution is 0.300. The van der Waals surface area contributed by atoms with Crippen molar-refractivity contribution in [3.05, 3.63) is 22.6 Å². The van der Waals surface area contributed by atoms with E-state index in [-0.39, 0.29) is 0 Å². The van der Waals surface area contributed by atoms with Gasteiger partial charge in [0, 0.05) is 6.08 Å². The average molecular weight is 191 g/mol. The summed E-state index contributed by atoms with van der Waals surface area (Å²) in [5.41, 5.74) is 5.60. The van der Waals surface area contributed by atoms with E-state index in [2.05, 4.69) is 26.8 Å². The number of hydrogen-bond donors (Lipinski definition) is 2. The van der Waals surface area contributed by atoms with Gasteiger partial charge in [0.1, 0.15) is 10.4 Å². The maximum atomic E-state index is 4.91. The van der Waals surface area contributed by atoms with Crippen LogP contribution < -0.4 is 10.9 Å². The number of hydrogen-bond acceptors (Lipinski definition) is 3. The van der Waals surface area contributed by atoms with Crippen molar-refractivity contribution in [2.75, 3.05) is 7.11 Å². The third kappa shape index (κ3) is 1.64. The van der Waals surface area contributed by atoms with Crippen LogP contribution >= 0.6 is 15.9 Å². The second-order valence-corrected chi connectivity index (χ2v) is 2.37. The van der Waals surface area contributed by atoms with Crippen molar-refractivity contribution in [3.63, 3.8) is 0 Å². The predicted octanol–water partition coefficient (Wildman–Crippen LogP) is 0.818. The van der Waals surface area contributed by atoms with Gasteiger partial charge < -0.3 is 10.2 Å². The molecule has 1 heterocycles. The van der Waals surface area contributed by atoms with Gasteiger partial charge in [-0.15, -0.1) is 0 Å². The summed E-state index contributed by atoms with van der Waals surface area (Å²) in [5.74, 6) is 0.792. The molecule has 4 heteroatoms. The van der Waals surface area contributed by atoms with Crippen LogP contribution in [0.4, 0.5) is 0 Å². The minimum absolute atomic E-state index is 0.792. The number of methoxy groups -OCH3 is 1. The van der Waals surface area contributed by atoms with Crippen LogP contribution in [0.2, 0.25) is 0 Å². The molecule has 0 unspecified atom stereocenters. The van der Waals surface area contributed by atoms with Crippen LogP contribution in [0.1, 0.15) is 0 Å². The Kier molecular flexibility index (Phi) is 2.00. The SMILES string of the molecule is COC1=CNNC(Br)=C1. The molecule has 0 atom stereocenters. The van der Waals surface area contributed by atoms with E-state index >= 15 is 0 Å². The van der Waals surface area contributed by atoms with Crippen molar-refractivity contribution in [3.8, 4) is 0 Å². The van der Waals surface area contributed by atoms with Gasteiger partial charge in [-0.25, -0.2) is 0 Å².